The normalized spacial score (nSPS) is 13.4. The van der Waals surface area contributed by atoms with Gasteiger partial charge in [0.1, 0.15) is 0 Å². The topological polar surface area (TPSA) is 88.9 Å². The van der Waals surface area contributed by atoms with Crippen molar-refractivity contribution in [2.75, 3.05) is 11.4 Å². The molecule has 0 saturated heterocycles. The number of anilines is 2. The van der Waals surface area contributed by atoms with E-state index in [1.54, 1.807) is 19.3 Å². The van der Waals surface area contributed by atoms with Crippen LogP contribution in [0.4, 0.5) is 11.4 Å². The van der Waals surface area contributed by atoms with Crippen molar-refractivity contribution in [1.82, 2.24) is 15.4 Å². The molecule has 7 nitrogen and oxygen atoms in total. The number of pyridine rings is 1. The van der Waals surface area contributed by atoms with E-state index in [1.165, 1.54) is 0 Å². The third kappa shape index (κ3) is 4.71. The molecule has 2 aromatic carbocycles. The molecule has 34 heavy (non-hydrogen) atoms. The number of rotatable bonds is 8. The highest BCUT2D eigenvalue weighted by molar-refractivity contribution is 6.07. The van der Waals surface area contributed by atoms with Gasteiger partial charge in [-0.2, -0.15) is 0 Å². The number of nitrogens with one attached hydrogen (secondary N) is 1. The van der Waals surface area contributed by atoms with Gasteiger partial charge in [0.15, 0.2) is 5.78 Å². The smallest absolute Gasteiger partial charge is 0.164 e. The highest BCUT2D eigenvalue weighted by Gasteiger charge is 2.29. The molecule has 0 atom stereocenters. The summed E-state index contributed by atoms with van der Waals surface area (Å²) in [6.45, 7) is 4.15. The molecule has 0 unspecified atom stereocenters. The van der Waals surface area contributed by atoms with E-state index >= 15 is 0 Å². The predicted molar refractivity (Wildman–Crippen MR) is 132 cm³/mol. The molecule has 0 amide bonds. The molecule has 0 spiro atoms. The monoisotopic (exact) mass is 456 g/mol. The molecule has 1 aromatic heterocycles. The average Bonchev–Trinajstić information content (AvgIpc) is 2.89. The zero-order valence-corrected chi connectivity index (χ0v) is 19.3. The standard InChI is InChI=1S/C27H28N4O3/c1-3-30-16-25(26(19(2)34)27(29-30)22-5-4-14-28-15-22)31(23-10-6-20(17-32)7-11-23)24-12-8-21(18-33)9-13-24/h4-16,29,32-33H,3,17-18H2,1-2H3. The Hall–Kier alpha value is -3.94. The molecule has 0 aliphatic carbocycles. The molecule has 4 rings (SSSR count). The van der Waals surface area contributed by atoms with Gasteiger partial charge < -0.3 is 15.1 Å². The van der Waals surface area contributed by atoms with Crippen LogP contribution in [0.5, 0.6) is 0 Å². The van der Waals surface area contributed by atoms with Crippen LogP contribution in [-0.4, -0.2) is 32.5 Å². The third-order valence-corrected chi connectivity index (χ3v) is 5.68. The fourth-order valence-corrected chi connectivity index (χ4v) is 3.92. The summed E-state index contributed by atoms with van der Waals surface area (Å²) < 4.78 is 0. The van der Waals surface area contributed by atoms with E-state index in [4.69, 9.17) is 0 Å². The van der Waals surface area contributed by atoms with E-state index in [0.717, 1.165) is 28.1 Å². The van der Waals surface area contributed by atoms with Crippen molar-refractivity contribution in [3.05, 3.63) is 107 Å². The minimum absolute atomic E-state index is 0.0501. The van der Waals surface area contributed by atoms with Gasteiger partial charge in [0.25, 0.3) is 0 Å². The highest BCUT2D eigenvalue weighted by atomic mass is 16.3. The minimum atomic E-state index is -0.0858. The Morgan fingerprint density at radius 2 is 1.56 bits per heavy atom. The predicted octanol–water partition coefficient (Wildman–Crippen LogP) is 3.89. The number of hydrazine groups is 1. The lowest BCUT2D eigenvalue weighted by molar-refractivity contribution is -0.113. The summed E-state index contributed by atoms with van der Waals surface area (Å²) in [5.74, 6) is -0.0858. The summed E-state index contributed by atoms with van der Waals surface area (Å²) in [6, 6.07) is 18.9. The van der Waals surface area contributed by atoms with Crippen LogP contribution in [0.1, 0.15) is 30.5 Å². The summed E-state index contributed by atoms with van der Waals surface area (Å²) in [7, 11) is 0. The molecule has 2 heterocycles. The van der Waals surface area contributed by atoms with E-state index in [-0.39, 0.29) is 19.0 Å². The van der Waals surface area contributed by atoms with Crippen molar-refractivity contribution in [2.45, 2.75) is 27.1 Å². The average molecular weight is 457 g/mol. The molecule has 1 aliphatic heterocycles. The Labute approximate surface area is 199 Å². The summed E-state index contributed by atoms with van der Waals surface area (Å²) in [5.41, 5.74) is 9.36. The number of allylic oxidation sites excluding steroid dienone is 1. The van der Waals surface area contributed by atoms with E-state index in [2.05, 4.69) is 10.4 Å². The second-order valence-corrected chi connectivity index (χ2v) is 7.94. The molecule has 1 aliphatic rings. The fraction of sp³-hybridized carbons (Fsp3) is 0.185. The first-order valence-corrected chi connectivity index (χ1v) is 11.2. The third-order valence-electron chi connectivity index (χ3n) is 5.68. The number of ketones is 1. The summed E-state index contributed by atoms with van der Waals surface area (Å²) in [4.78, 5) is 19.3. The van der Waals surface area contributed by atoms with Crippen LogP contribution in [0.15, 0.2) is 90.5 Å². The maximum Gasteiger partial charge on any atom is 0.164 e. The quantitative estimate of drug-likeness (QED) is 0.474. The second-order valence-electron chi connectivity index (χ2n) is 7.94. The number of carbonyl (C=O) groups is 1. The highest BCUT2D eigenvalue weighted by Crippen LogP contribution is 2.37. The van der Waals surface area contributed by atoms with Crippen LogP contribution in [-0.2, 0) is 18.0 Å². The Kier molecular flexibility index (Phi) is 7.06. The van der Waals surface area contributed by atoms with Gasteiger partial charge in [-0.1, -0.05) is 24.3 Å². The first-order valence-electron chi connectivity index (χ1n) is 11.2. The number of hydrogen-bond donors (Lipinski definition) is 3. The van der Waals surface area contributed by atoms with Gasteiger partial charge in [-0.25, -0.2) is 0 Å². The molecule has 3 aromatic rings. The van der Waals surface area contributed by atoms with E-state index < -0.39 is 0 Å². The summed E-state index contributed by atoms with van der Waals surface area (Å²) in [5, 5.41) is 21.0. The Bertz CT molecular complexity index is 1160. The Balaban J connectivity index is 1.95. The fourth-order valence-electron chi connectivity index (χ4n) is 3.92. The van der Waals surface area contributed by atoms with Gasteiger partial charge in [-0.15, -0.1) is 0 Å². The first kappa shape index (κ1) is 23.2. The largest absolute Gasteiger partial charge is 0.392 e. The van der Waals surface area contributed by atoms with E-state index in [9.17, 15) is 15.0 Å². The van der Waals surface area contributed by atoms with Crippen molar-refractivity contribution in [2.24, 2.45) is 0 Å². The number of nitrogens with zero attached hydrogens (tertiary/aromatic N) is 3. The van der Waals surface area contributed by atoms with E-state index in [0.29, 0.717) is 23.5 Å². The number of benzene rings is 2. The number of Topliss-reactive ketones (excluding diaryl/α,β-unsaturated/α-hetero) is 1. The van der Waals surface area contributed by atoms with Crippen molar-refractivity contribution in [3.8, 4) is 0 Å². The molecule has 0 radical (unpaired) electrons. The van der Waals surface area contributed by atoms with Gasteiger partial charge in [0, 0.05) is 42.1 Å². The Morgan fingerprint density at radius 1 is 0.971 bits per heavy atom. The van der Waals surface area contributed by atoms with Crippen molar-refractivity contribution in [3.63, 3.8) is 0 Å². The van der Waals surface area contributed by atoms with Crippen molar-refractivity contribution >= 4 is 22.9 Å². The lowest BCUT2D eigenvalue weighted by Gasteiger charge is -2.36. The van der Waals surface area contributed by atoms with Crippen LogP contribution in [0.3, 0.4) is 0 Å². The SMILES string of the molecule is CCN1C=C(N(c2ccc(CO)cc2)c2ccc(CO)cc2)C(C(C)=O)=C(c2cccnc2)N1. The molecule has 7 heteroatoms. The number of carbonyl (C=O) groups excluding carboxylic acids is 1. The lowest BCUT2D eigenvalue weighted by atomic mass is 9.98. The molecule has 0 fully saturated rings. The van der Waals surface area contributed by atoms with Gasteiger partial charge >= 0.3 is 0 Å². The number of aliphatic hydroxyl groups excluding tert-OH is 2. The van der Waals surface area contributed by atoms with Crippen LogP contribution >= 0.6 is 0 Å². The van der Waals surface area contributed by atoms with Crippen LogP contribution in [0, 0.1) is 0 Å². The first-order chi connectivity index (χ1) is 16.5. The van der Waals surface area contributed by atoms with Crippen LogP contribution in [0.2, 0.25) is 0 Å². The van der Waals surface area contributed by atoms with Crippen molar-refractivity contribution < 1.29 is 15.0 Å². The maximum absolute atomic E-state index is 13.1. The number of aliphatic hydroxyl groups is 2. The van der Waals surface area contributed by atoms with Gasteiger partial charge in [-0.05, 0) is 61.4 Å². The zero-order chi connectivity index (χ0) is 24.1. The Morgan fingerprint density at radius 3 is 2.00 bits per heavy atom. The molecule has 174 valence electrons. The molecule has 3 N–H and O–H groups in total. The molecule has 0 saturated carbocycles. The lowest BCUT2D eigenvalue weighted by Crippen LogP contribution is -2.39. The molecular formula is C27H28N4O3. The van der Waals surface area contributed by atoms with Crippen molar-refractivity contribution in [1.29, 1.82) is 0 Å². The minimum Gasteiger partial charge on any atom is -0.392 e. The number of hydrogen-bond acceptors (Lipinski definition) is 7. The maximum atomic E-state index is 13.1. The zero-order valence-electron chi connectivity index (χ0n) is 19.3. The van der Waals surface area contributed by atoms with Gasteiger partial charge in [0.05, 0.1) is 30.2 Å². The molecular weight excluding hydrogens is 428 g/mol. The van der Waals surface area contributed by atoms with Crippen LogP contribution < -0.4 is 10.3 Å². The second kappa shape index (κ2) is 10.3. The van der Waals surface area contributed by atoms with Gasteiger partial charge in [-0.3, -0.25) is 20.2 Å². The van der Waals surface area contributed by atoms with Crippen LogP contribution in [0.25, 0.3) is 5.70 Å². The summed E-state index contributed by atoms with van der Waals surface area (Å²) >= 11 is 0. The molecule has 0 bridgehead atoms. The van der Waals surface area contributed by atoms with E-state index in [1.807, 2.05) is 83.7 Å². The summed E-state index contributed by atoms with van der Waals surface area (Å²) in [6.07, 6.45) is 5.36. The van der Waals surface area contributed by atoms with Gasteiger partial charge in [0.2, 0.25) is 0 Å². The number of aromatic nitrogens is 1.